The fourth-order valence-electron chi connectivity index (χ4n) is 0.593. The summed E-state index contributed by atoms with van der Waals surface area (Å²) in [6.07, 6.45) is -0.396. The number of rotatable bonds is 4. The minimum absolute atomic E-state index is 0.358. The maximum Gasteiger partial charge on any atom is 0.407 e. The molecule has 0 bridgehead atoms. The van der Waals surface area contributed by atoms with E-state index in [0.717, 1.165) is 0 Å². The molecule has 0 aromatic rings. The summed E-state index contributed by atoms with van der Waals surface area (Å²) in [4.78, 5) is 11.0. The summed E-state index contributed by atoms with van der Waals surface area (Å²) in [5.74, 6) is 0.358. The van der Waals surface area contributed by atoms with Gasteiger partial charge in [0, 0.05) is 12.1 Å². The third-order valence-corrected chi connectivity index (χ3v) is 1.24. The lowest BCUT2D eigenvalue weighted by Gasteiger charge is -2.18. The fourth-order valence-corrected chi connectivity index (χ4v) is 0.593. The number of alkyl carbamates (subject to hydrolysis) is 1. The lowest BCUT2D eigenvalue weighted by atomic mass is 10.1. The number of hydrogen-bond acceptors (Lipinski definition) is 3. The van der Waals surface area contributed by atoms with Crippen molar-refractivity contribution < 1.29 is 9.53 Å². The minimum Gasteiger partial charge on any atom is -0.449 e. The smallest absolute Gasteiger partial charge is 0.407 e. The summed E-state index contributed by atoms with van der Waals surface area (Å²) < 4.78 is 4.89. The predicted molar refractivity (Wildman–Crippen MR) is 52.5 cm³/mol. The average molecular weight is 188 g/mol. The SMILES string of the molecule is CC(C)COC(=O)NCC(C)(C)N. The maximum atomic E-state index is 11.0. The van der Waals surface area contributed by atoms with Crippen LogP contribution in [0.25, 0.3) is 0 Å². The Hall–Kier alpha value is -0.770. The number of carbonyl (C=O) groups is 1. The van der Waals surface area contributed by atoms with E-state index in [4.69, 9.17) is 10.5 Å². The molecule has 0 atom stereocenters. The summed E-state index contributed by atoms with van der Waals surface area (Å²) in [5.41, 5.74) is 5.28. The molecule has 0 rings (SSSR count). The molecule has 13 heavy (non-hydrogen) atoms. The van der Waals surface area contributed by atoms with Gasteiger partial charge in [0.1, 0.15) is 0 Å². The van der Waals surface area contributed by atoms with Crippen LogP contribution in [0.2, 0.25) is 0 Å². The van der Waals surface area contributed by atoms with Crippen molar-refractivity contribution in [3.63, 3.8) is 0 Å². The Labute approximate surface area is 79.8 Å². The molecule has 0 heterocycles. The van der Waals surface area contributed by atoms with Crippen molar-refractivity contribution in [1.29, 1.82) is 0 Å². The van der Waals surface area contributed by atoms with Crippen molar-refractivity contribution >= 4 is 6.09 Å². The van der Waals surface area contributed by atoms with Gasteiger partial charge in [-0.3, -0.25) is 0 Å². The van der Waals surface area contributed by atoms with Crippen LogP contribution in [0.1, 0.15) is 27.7 Å². The highest BCUT2D eigenvalue weighted by atomic mass is 16.5. The summed E-state index contributed by atoms with van der Waals surface area (Å²) >= 11 is 0. The van der Waals surface area contributed by atoms with Crippen LogP contribution in [0.4, 0.5) is 4.79 Å². The van der Waals surface area contributed by atoms with Gasteiger partial charge in [-0.2, -0.15) is 0 Å². The topological polar surface area (TPSA) is 64.3 Å². The monoisotopic (exact) mass is 188 g/mol. The summed E-state index contributed by atoms with van der Waals surface area (Å²) in [6.45, 7) is 8.52. The van der Waals surface area contributed by atoms with Crippen LogP contribution in [0, 0.1) is 5.92 Å². The first-order valence-electron chi connectivity index (χ1n) is 4.51. The summed E-state index contributed by atoms with van der Waals surface area (Å²) in [6, 6.07) is 0. The largest absolute Gasteiger partial charge is 0.449 e. The highest BCUT2D eigenvalue weighted by Gasteiger charge is 2.12. The van der Waals surface area contributed by atoms with Gasteiger partial charge in [-0.15, -0.1) is 0 Å². The van der Waals surface area contributed by atoms with Gasteiger partial charge in [0.05, 0.1) is 6.61 Å². The van der Waals surface area contributed by atoms with E-state index >= 15 is 0 Å². The maximum absolute atomic E-state index is 11.0. The van der Waals surface area contributed by atoms with Gasteiger partial charge < -0.3 is 15.8 Å². The molecular formula is C9H20N2O2. The lowest BCUT2D eigenvalue weighted by Crippen LogP contribution is -2.45. The van der Waals surface area contributed by atoms with E-state index in [9.17, 15) is 4.79 Å². The molecule has 78 valence electrons. The number of ether oxygens (including phenoxy) is 1. The van der Waals surface area contributed by atoms with E-state index in [1.165, 1.54) is 0 Å². The highest BCUT2D eigenvalue weighted by Crippen LogP contribution is 1.95. The van der Waals surface area contributed by atoms with Crippen LogP contribution in [0.5, 0.6) is 0 Å². The molecule has 1 amide bonds. The van der Waals surface area contributed by atoms with Gasteiger partial charge in [-0.25, -0.2) is 4.79 Å². The summed E-state index contributed by atoms with van der Waals surface area (Å²) in [5, 5.41) is 2.59. The van der Waals surface area contributed by atoms with E-state index in [1.807, 2.05) is 27.7 Å². The molecule has 0 aliphatic heterocycles. The molecule has 4 nitrogen and oxygen atoms in total. The zero-order valence-electron chi connectivity index (χ0n) is 8.89. The van der Waals surface area contributed by atoms with Gasteiger partial charge in [0.2, 0.25) is 0 Å². The molecule has 0 fully saturated rings. The van der Waals surface area contributed by atoms with Crippen LogP contribution < -0.4 is 11.1 Å². The summed E-state index contributed by atoms with van der Waals surface area (Å²) in [7, 11) is 0. The molecule has 0 saturated carbocycles. The van der Waals surface area contributed by atoms with Crippen molar-refractivity contribution in [3.05, 3.63) is 0 Å². The Morgan fingerprint density at radius 1 is 1.54 bits per heavy atom. The molecule has 0 saturated heterocycles. The molecule has 0 aromatic carbocycles. The molecule has 0 spiro atoms. The Morgan fingerprint density at radius 3 is 2.46 bits per heavy atom. The second kappa shape index (κ2) is 5.07. The Morgan fingerprint density at radius 2 is 2.08 bits per heavy atom. The quantitative estimate of drug-likeness (QED) is 0.694. The van der Waals surface area contributed by atoms with Gasteiger partial charge in [-0.05, 0) is 19.8 Å². The number of hydrogen-bond donors (Lipinski definition) is 2. The average Bonchev–Trinajstić information content (AvgIpc) is 1.95. The second-order valence-corrected chi connectivity index (χ2v) is 4.33. The lowest BCUT2D eigenvalue weighted by molar-refractivity contribution is 0.131. The van der Waals surface area contributed by atoms with E-state index in [0.29, 0.717) is 19.1 Å². The van der Waals surface area contributed by atoms with Crippen LogP contribution in [0.15, 0.2) is 0 Å². The van der Waals surface area contributed by atoms with Crippen LogP contribution in [-0.4, -0.2) is 24.8 Å². The Balaban J connectivity index is 3.53. The van der Waals surface area contributed by atoms with Gasteiger partial charge in [0.15, 0.2) is 0 Å². The molecule has 3 N–H and O–H groups in total. The standard InChI is InChI=1S/C9H20N2O2/c1-7(2)5-13-8(12)11-6-9(3,4)10/h7H,5-6,10H2,1-4H3,(H,11,12). The predicted octanol–water partition coefficient (Wildman–Crippen LogP) is 1.11. The van der Waals surface area contributed by atoms with Crippen molar-refractivity contribution in [1.82, 2.24) is 5.32 Å². The van der Waals surface area contributed by atoms with E-state index in [1.54, 1.807) is 0 Å². The van der Waals surface area contributed by atoms with E-state index < -0.39 is 11.6 Å². The van der Waals surface area contributed by atoms with Crippen LogP contribution in [-0.2, 0) is 4.74 Å². The molecule has 0 radical (unpaired) electrons. The van der Waals surface area contributed by atoms with Crippen molar-refractivity contribution in [2.24, 2.45) is 11.7 Å². The number of amides is 1. The van der Waals surface area contributed by atoms with Gasteiger partial charge >= 0.3 is 6.09 Å². The van der Waals surface area contributed by atoms with E-state index in [2.05, 4.69) is 5.32 Å². The molecule has 4 heteroatoms. The van der Waals surface area contributed by atoms with Gasteiger partial charge in [-0.1, -0.05) is 13.8 Å². The van der Waals surface area contributed by atoms with Crippen molar-refractivity contribution in [2.45, 2.75) is 33.2 Å². The zero-order chi connectivity index (χ0) is 10.5. The molecule has 0 aromatic heterocycles. The first-order chi connectivity index (χ1) is 5.81. The third-order valence-electron chi connectivity index (χ3n) is 1.24. The van der Waals surface area contributed by atoms with Crippen LogP contribution in [0.3, 0.4) is 0 Å². The highest BCUT2D eigenvalue weighted by molar-refractivity contribution is 5.67. The zero-order valence-corrected chi connectivity index (χ0v) is 8.89. The normalized spacial score (nSPS) is 11.5. The number of carbonyl (C=O) groups excluding carboxylic acids is 1. The van der Waals surface area contributed by atoms with E-state index in [-0.39, 0.29) is 0 Å². The minimum atomic E-state index is -0.396. The first kappa shape index (κ1) is 12.2. The molecular weight excluding hydrogens is 168 g/mol. The Kier molecular flexibility index (Phi) is 4.77. The van der Waals surface area contributed by atoms with Gasteiger partial charge in [0.25, 0.3) is 0 Å². The number of nitrogens with two attached hydrogens (primary N) is 1. The molecule has 0 aliphatic carbocycles. The first-order valence-corrected chi connectivity index (χ1v) is 4.51. The van der Waals surface area contributed by atoms with Crippen molar-refractivity contribution in [2.75, 3.05) is 13.2 Å². The fraction of sp³-hybridized carbons (Fsp3) is 0.889. The Bertz CT molecular complexity index is 161. The number of nitrogens with one attached hydrogen (secondary N) is 1. The third kappa shape index (κ3) is 9.14. The van der Waals surface area contributed by atoms with Crippen LogP contribution >= 0.6 is 0 Å². The molecule has 0 unspecified atom stereocenters. The van der Waals surface area contributed by atoms with Crippen molar-refractivity contribution in [3.8, 4) is 0 Å². The molecule has 0 aliphatic rings. The second-order valence-electron chi connectivity index (χ2n) is 4.33.